The third-order valence-electron chi connectivity index (χ3n) is 13.5. The lowest BCUT2D eigenvalue weighted by Crippen LogP contribution is -2.55. The second kappa shape index (κ2) is 18.1. The van der Waals surface area contributed by atoms with Crippen LogP contribution in [0.3, 0.4) is 0 Å². The number of allylic oxidation sites excluding steroid dienone is 2. The smallest absolute Gasteiger partial charge is 0.410 e. The van der Waals surface area contributed by atoms with Crippen molar-refractivity contribution in [2.24, 2.45) is 0 Å². The molecule has 15 heteroatoms. The van der Waals surface area contributed by atoms with Gasteiger partial charge in [-0.05, 0) is 96.7 Å². The minimum absolute atomic E-state index is 0. The first-order valence-corrected chi connectivity index (χ1v) is 21.9. The van der Waals surface area contributed by atoms with Crippen LogP contribution in [-0.4, -0.2) is 127 Å². The number of carbonyl (C=O) groups excluding carboxylic acids is 3. The number of nitrogens with one attached hydrogen (secondary N) is 1. The number of nitrogens with zero attached hydrogens (tertiary/aromatic N) is 5. The summed E-state index contributed by atoms with van der Waals surface area (Å²) in [6, 6.07) is 8.02. The number of amides is 5. The second-order valence-electron chi connectivity index (χ2n) is 18.0. The van der Waals surface area contributed by atoms with E-state index in [-0.39, 0.29) is 47.9 Å². The van der Waals surface area contributed by atoms with Crippen molar-refractivity contribution in [3.05, 3.63) is 70.1 Å². The summed E-state index contributed by atoms with van der Waals surface area (Å²) in [5.41, 5.74) is 5.41. The molecule has 14 nitrogen and oxygen atoms in total. The number of hydrogen-bond donors (Lipinski definition) is 1. The third-order valence-corrected chi connectivity index (χ3v) is 13.5. The van der Waals surface area contributed by atoms with Crippen LogP contribution in [-0.2, 0) is 17.8 Å². The normalized spacial score (nSPS) is 22.1. The zero-order chi connectivity index (χ0) is 44.0. The molecule has 0 radical (unpaired) electrons. The number of urea groups is 2. The van der Waals surface area contributed by atoms with E-state index in [0.717, 1.165) is 77.7 Å². The summed E-state index contributed by atoms with van der Waals surface area (Å²) in [5, 5.41) is 3.45. The third kappa shape index (κ3) is 8.01. The van der Waals surface area contributed by atoms with Crippen LogP contribution in [0.15, 0.2) is 47.8 Å². The number of ether oxygens (including phenoxy) is 5. The van der Waals surface area contributed by atoms with Gasteiger partial charge in [-0.1, -0.05) is 26.0 Å². The number of carbonyl (C=O) groups is 3. The Kier molecular flexibility index (Phi) is 13.6. The summed E-state index contributed by atoms with van der Waals surface area (Å²) >= 11 is 0. The molecular weight excluding hydrogens is 812 g/mol. The van der Waals surface area contributed by atoms with Gasteiger partial charge >= 0.3 is 18.2 Å². The Morgan fingerprint density at radius 2 is 1.11 bits per heavy atom. The number of halogens is 1. The first-order chi connectivity index (χ1) is 29.1. The first-order valence-electron chi connectivity index (χ1n) is 21.9. The molecule has 2 atom stereocenters. The molecule has 2 aromatic carbocycles. The van der Waals surface area contributed by atoms with Gasteiger partial charge in [0, 0.05) is 72.7 Å². The van der Waals surface area contributed by atoms with Crippen molar-refractivity contribution in [1.29, 1.82) is 0 Å². The molecule has 0 aliphatic carbocycles. The van der Waals surface area contributed by atoms with Gasteiger partial charge < -0.3 is 43.7 Å². The maximum absolute atomic E-state index is 13.7. The quantitative estimate of drug-likeness (QED) is 0.306. The summed E-state index contributed by atoms with van der Waals surface area (Å²) in [5.74, 6) is 3.29. The topological polar surface area (TPSA) is 126 Å². The van der Waals surface area contributed by atoms with Gasteiger partial charge in [-0.15, -0.1) is 12.4 Å². The molecule has 6 aliphatic rings. The van der Waals surface area contributed by atoms with Crippen molar-refractivity contribution >= 4 is 30.6 Å². The van der Waals surface area contributed by atoms with Crippen LogP contribution in [0.2, 0.25) is 0 Å². The molecule has 6 heterocycles. The number of rotatable bonds is 6. The standard InChI is InChI=1S/C26H37N3O5.C21H29N3O3.ClH/c1-8-29-23(30)28-16-18-14-19(32-6)15-20(33-7)22(18)17(2)13-21(28)26(29)9-11-27(12-10-26)24(31)34-25(3,4)5;1-5-24-20(25)23-13-15-11-16(26-3)12-17(27-4)19(15)14(2)10-18(23)21(24)6-8-22-9-7-21;/h13-15,17H,8-12,16H2,1-7H3;10-12,14,22H,5-9,13H2,1-4H3;1H. The van der Waals surface area contributed by atoms with Gasteiger partial charge in [-0.2, -0.15) is 0 Å². The lowest BCUT2D eigenvalue weighted by Gasteiger charge is -2.44. The molecular formula is C47H67ClN6O8. The Morgan fingerprint density at radius 1 is 0.694 bits per heavy atom. The molecule has 62 heavy (non-hydrogen) atoms. The number of piperidine rings is 2. The number of methoxy groups -OCH3 is 4. The number of likely N-dealkylation sites (N-methyl/N-ethyl adjacent to an activating group) is 2. The maximum atomic E-state index is 13.7. The van der Waals surface area contributed by atoms with Crippen molar-refractivity contribution in [1.82, 2.24) is 29.8 Å². The van der Waals surface area contributed by atoms with E-state index in [1.54, 1.807) is 33.3 Å². The van der Waals surface area contributed by atoms with Crippen LogP contribution < -0.4 is 24.3 Å². The molecule has 0 bridgehead atoms. The Hall–Kier alpha value is -4.82. The SMILES string of the molecule is CCN1C(=O)N2Cc3cc(OC)cc(OC)c3C(C)C=C2C12CCN(C(=O)OC(C)(C)C)CC2.CCN1C(=O)N2Cc3cc(OC)cc(OC)c3C(C)C=C2C12CCNCC2.Cl. The zero-order valence-electron chi connectivity index (χ0n) is 38.5. The molecule has 0 saturated carbocycles. The number of hydrogen-bond acceptors (Lipinski definition) is 9. The highest BCUT2D eigenvalue weighted by atomic mass is 35.5. The van der Waals surface area contributed by atoms with E-state index in [1.807, 2.05) is 66.7 Å². The van der Waals surface area contributed by atoms with Gasteiger partial charge in [-0.3, -0.25) is 9.80 Å². The Bertz CT molecular complexity index is 2090. The van der Waals surface area contributed by atoms with Crippen molar-refractivity contribution in [3.63, 3.8) is 0 Å². The highest BCUT2D eigenvalue weighted by Crippen LogP contribution is 2.50. The predicted octanol–water partition coefficient (Wildman–Crippen LogP) is 8.24. The lowest BCUT2D eigenvalue weighted by molar-refractivity contribution is 0.0113. The first kappa shape index (κ1) is 46.7. The average Bonchev–Trinajstić information content (AvgIpc) is 3.39. The van der Waals surface area contributed by atoms with E-state index in [0.29, 0.717) is 51.3 Å². The van der Waals surface area contributed by atoms with Gasteiger partial charge in [0.2, 0.25) is 0 Å². The Labute approximate surface area is 373 Å². The molecule has 4 saturated heterocycles. The molecule has 6 aliphatic heterocycles. The van der Waals surface area contributed by atoms with Gasteiger partial charge in [0.25, 0.3) is 0 Å². The number of fused-ring (bicyclic) bond motifs is 6. The fourth-order valence-electron chi connectivity index (χ4n) is 10.8. The zero-order valence-corrected chi connectivity index (χ0v) is 39.3. The molecule has 2 unspecified atom stereocenters. The van der Waals surface area contributed by atoms with Crippen molar-refractivity contribution in [3.8, 4) is 23.0 Å². The molecule has 340 valence electrons. The molecule has 4 fully saturated rings. The fourth-order valence-corrected chi connectivity index (χ4v) is 10.8. The fraction of sp³-hybridized carbons (Fsp3) is 0.596. The molecule has 2 aromatic rings. The second-order valence-corrected chi connectivity index (χ2v) is 18.0. The van der Waals surface area contributed by atoms with E-state index in [4.69, 9.17) is 23.7 Å². The average molecular weight is 880 g/mol. The predicted molar refractivity (Wildman–Crippen MR) is 241 cm³/mol. The van der Waals surface area contributed by atoms with Crippen molar-refractivity contribution in [2.45, 2.75) is 116 Å². The summed E-state index contributed by atoms with van der Waals surface area (Å²) in [4.78, 5) is 49.4. The monoisotopic (exact) mass is 878 g/mol. The highest BCUT2D eigenvalue weighted by Gasteiger charge is 2.56. The van der Waals surface area contributed by atoms with E-state index in [9.17, 15) is 14.4 Å². The number of likely N-dealkylation sites (tertiary alicyclic amines) is 1. The molecule has 1 N–H and O–H groups in total. The minimum Gasteiger partial charge on any atom is -0.497 e. The molecule has 2 spiro atoms. The highest BCUT2D eigenvalue weighted by molar-refractivity contribution is 5.85. The Balaban J connectivity index is 0.000000209. The van der Waals surface area contributed by atoms with E-state index in [2.05, 4.69) is 43.1 Å². The molecule has 0 aromatic heterocycles. The van der Waals surface area contributed by atoms with Crippen LogP contribution in [0.1, 0.15) is 108 Å². The number of benzene rings is 2. The Morgan fingerprint density at radius 3 is 1.48 bits per heavy atom. The largest absolute Gasteiger partial charge is 0.497 e. The molecule has 8 rings (SSSR count). The molecule has 5 amide bonds. The van der Waals surface area contributed by atoms with Crippen LogP contribution in [0.25, 0.3) is 0 Å². The van der Waals surface area contributed by atoms with Crippen molar-refractivity contribution in [2.75, 3.05) is 67.7 Å². The van der Waals surface area contributed by atoms with Crippen LogP contribution >= 0.6 is 12.4 Å². The van der Waals surface area contributed by atoms with Crippen LogP contribution in [0.5, 0.6) is 23.0 Å². The van der Waals surface area contributed by atoms with Gasteiger partial charge in [0.05, 0.1) is 52.6 Å². The summed E-state index contributed by atoms with van der Waals surface area (Å²) in [6.07, 6.45) is 7.49. The van der Waals surface area contributed by atoms with Crippen molar-refractivity contribution < 1.29 is 38.1 Å². The van der Waals surface area contributed by atoms with E-state index in [1.165, 1.54) is 5.70 Å². The van der Waals surface area contributed by atoms with E-state index >= 15 is 0 Å². The minimum atomic E-state index is -0.535. The summed E-state index contributed by atoms with van der Waals surface area (Å²) in [7, 11) is 6.66. The van der Waals surface area contributed by atoms with E-state index < -0.39 is 11.1 Å². The summed E-state index contributed by atoms with van der Waals surface area (Å²) < 4.78 is 27.9. The van der Waals surface area contributed by atoms with Crippen LogP contribution in [0, 0.1) is 0 Å². The summed E-state index contributed by atoms with van der Waals surface area (Å²) in [6.45, 7) is 19.4. The van der Waals surface area contributed by atoms with Gasteiger partial charge in [-0.25, -0.2) is 14.4 Å². The van der Waals surface area contributed by atoms with Gasteiger partial charge in [0.15, 0.2) is 0 Å². The lowest BCUT2D eigenvalue weighted by atomic mass is 9.82. The van der Waals surface area contributed by atoms with Gasteiger partial charge in [0.1, 0.15) is 28.6 Å². The maximum Gasteiger partial charge on any atom is 0.410 e. The van der Waals surface area contributed by atoms with Crippen LogP contribution in [0.4, 0.5) is 14.4 Å².